The Balaban J connectivity index is 2.18. The molecule has 2 heterocycles. The molecule has 0 spiro atoms. The number of hydrogen-bond donors (Lipinski definition) is 1. The Morgan fingerprint density at radius 3 is 2.81 bits per heavy atom. The van der Waals surface area contributed by atoms with E-state index in [9.17, 15) is 14.9 Å². The molecule has 21 heavy (non-hydrogen) atoms. The van der Waals surface area contributed by atoms with Crippen LogP contribution in [0.2, 0.25) is 0 Å². The molecule has 0 aromatic carbocycles. The Morgan fingerprint density at radius 2 is 2.24 bits per heavy atom. The number of thiophene rings is 1. The first-order chi connectivity index (χ1) is 9.90. The molecule has 7 nitrogen and oxygen atoms in total. The second-order valence-electron chi connectivity index (χ2n) is 4.36. The third-order valence-corrected chi connectivity index (χ3v) is 3.82. The first-order valence-corrected chi connectivity index (χ1v) is 6.82. The van der Waals surface area contributed by atoms with Crippen molar-refractivity contribution in [2.45, 2.75) is 20.5 Å². The number of aromatic carboxylic acids is 1. The Morgan fingerprint density at radius 1 is 1.52 bits per heavy atom. The molecule has 110 valence electrons. The van der Waals surface area contributed by atoms with Gasteiger partial charge in [0.2, 0.25) is 0 Å². The van der Waals surface area contributed by atoms with Crippen LogP contribution in [0.5, 0.6) is 5.75 Å². The maximum Gasteiger partial charge on any atom is 0.346 e. The maximum absolute atomic E-state index is 11.0. The van der Waals surface area contributed by atoms with Crippen LogP contribution in [0.1, 0.15) is 26.5 Å². The minimum Gasteiger partial charge on any atom is -0.486 e. The Hall–Kier alpha value is -2.48. The van der Waals surface area contributed by atoms with E-state index < -0.39 is 10.9 Å². The van der Waals surface area contributed by atoms with Crippen LogP contribution in [0, 0.1) is 24.0 Å². The van der Waals surface area contributed by atoms with Crippen molar-refractivity contribution in [3.8, 4) is 5.75 Å². The molecule has 0 aliphatic rings. The van der Waals surface area contributed by atoms with Crippen molar-refractivity contribution >= 4 is 23.0 Å². The molecule has 2 aromatic rings. The quantitative estimate of drug-likeness (QED) is 0.673. The number of hydrogen-bond acceptors (Lipinski definition) is 6. The number of carboxylic acids is 1. The van der Waals surface area contributed by atoms with Gasteiger partial charge >= 0.3 is 5.97 Å². The van der Waals surface area contributed by atoms with Crippen LogP contribution in [-0.2, 0) is 6.61 Å². The highest BCUT2D eigenvalue weighted by molar-refractivity contribution is 7.12. The van der Waals surface area contributed by atoms with Gasteiger partial charge in [-0.15, -0.1) is 11.3 Å². The largest absolute Gasteiger partial charge is 0.486 e. The van der Waals surface area contributed by atoms with E-state index in [1.165, 1.54) is 12.3 Å². The molecule has 0 unspecified atom stereocenters. The summed E-state index contributed by atoms with van der Waals surface area (Å²) >= 11 is 1.05. The van der Waals surface area contributed by atoms with Gasteiger partial charge in [-0.3, -0.25) is 15.1 Å². The Labute approximate surface area is 124 Å². The zero-order chi connectivity index (χ0) is 15.6. The first kappa shape index (κ1) is 14.9. The summed E-state index contributed by atoms with van der Waals surface area (Å²) in [5, 5.41) is 21.4. The average molecular weight is 308 g/mol. The molecule has 0 aliphatic carbocycles. The van der Waals surface area contributed by atoms with Crippen LogP contribution in [-0.4, -0.2) is 21.0 Å². The molecule has 2 aromatic heterocycles. The van der Waals surface area contributed by atoms with Crippen LogP contribution >= 0.6 is 11.3 Å². The fraction of sp³-hybridized carbons (Fsp3) is 0.231. The van der Waals surface area contributed by atoms with Gasteiger partial charge in [-0.05, 0) is 13.8 Å². The predicted octanol–water partition coefficient (Wildman–Crippen LogP) is 2.95. The fourth-order valence-electron chi connectivity index (χ4n) is 1.85. The topological polar surface area (TPSA) is 103 Å². The van der Waals surface area contributed by atoms with Crippen LogP contribution < -0.4 is 4.74 Å². The van der Waals surface area contributed by atoms with E-state index in [4.69, 9.17) is 9.84 Å². The number of ether oxygens (including phenoxy) is 1. The highest BCUT2D eigenvalue weighted by Gasteiger charge is 2.19. The van der Waals surface area contributed by atoms with Crippen molar-refractivity contribution in [3.63, 3.8) is 0 Å². The van der Waals surface area contributed by atoms with Crippen LogP contribution in [0.4, 0.5) is 5.69 Å². The molecule has 0 bridgehead atoms. The Kier molecular flexibility index (Phi) is 4.18. The molecule has 2 rings (SSSR count). The van der Waals surface area contributed by atoms with Gasteiger partial charge in [0, 0.05) is 23.2 Å². The summed E-state index contributed by atoms with van der Waals surface area (Å²) in [7, 11) is 0. The lowest BCUT2D eigenvalue weighted by Crippen LogP contribution is -2.05. The summed E-state index contributed by atoms with van der Waals surface area (Å²) in [6.45, 7) is 3.29. The van der Waals surface area contributed by atoms with Crippen LogP contribution in [0.15, 0.2) is 17.6 Å². The lowest BCUT2D eigenvalue weighted by Gasteiger charge is -2.08. The second-order valence-corrected chi connectivity index (χ2v) is 5.27. The number of rotatable bonds is 5. The number of carbonyl (C=O) groups is 1. The molecule has 0 radical (unpaired) electrons. The standard InChI is InChI=1S/C13H12N2O5S/c1-7-4-14-10(8(2)12(7)15(18)19)5-20-9-3-11(13(16)17)21-6-9/h3-4,6H,5H2,1-2H3,(H,16,17). The van der Waals surface area contributed by atoms with E-state index >= 15 is 0 Å². The van der Waals surface area contributed by atoms with Gasteiger partial charge in [-0.1, -0.05) is 0 Å². The van der Waals surface area contributed by atoms with Gasteiger partial charge in [-0.2, -0.15) is 0 Å². The molecule has 0 saturated heterocycles. The van der Waals surface area contributed by atoms with Gasteiger partial charge in [0.1, 0.15) is 17.2 Å². The van der Waals surface area contributed by atoms with E-state index in [-0.39, 0.29) is 17.2 Å². The second kappa shape index (κ2) is 5.88. The highest BCUT2D eigenvalue weighted by atomic mass is 32.1. The number of aryl methyl sites for hydroxylation is 1. The summed E-state index contributed by atoms with van der Waals surface area (Å²) in [6, 6.07) is 1.41. The van der Waals surface area contributed by atoms with Crippen molar-refractivity contribution < 1.29 is 19.6 Å². The summed E-state index contributed by atoms with van der Waals surface area (Å²) < 4.78 is 5.44. The lowest BCUT2D eigenvalue weighted by atomic mass is 10.1. The number of pyridine rings is 1. The summed E-state index contributed by atoms with van der Waals surface area (Å²) in [4.78, 5) is 25.7. The van der Waals surface area contributed by atoms with Gasteiger partial charge < -0.3 is 9.84 Å². The minimum absolute atomic E-state index is 0.0279. The third kappa shape index (κ3) is 3.16. The molecule has 1 N–H and O–H groups in total. The predicted molar refractivity (Wildman–Crippen MR) is 76.0 cm³/mol. The SMILES string of the molecule is Cc1cnc(COc2csc(C(=O)O)c2)c(C)c1[N+](=O)[O-]. The van der Waals surface area contributed by atoms with Gasteiger partial charge in [0.25, 0.3) is 5.69 Å². The van der Waals surface area contributed by atoms with E-state index in [0.717, 1.165) is 11.3 Å². The van der Waals surface area contributed by atoms with Crippen molar-refractivity contribution in [3.05, 3.63) is 49.5 Å². The number of aromatic nitrogens is 1. The van der Waals surface area contributed by atoms with Crippen LogP contribution in [0.3, 0.4) is 0 Å². The van der Waals surface area contributed by atoms with E-state index in [1.54, 1.807) is 19.2 Å². The molecular formula is C13H12N2O5S. The summed E-state index contributed by atoms with van der Waals surface area (Å²) in [5.41, 5.74) is 1.43. The molecule has 0 aliphatic heterocycles. The molecule has 8 heteroatoms. The molecule has 0 amide bonds. The number of nitro groups is 1. The Bertz CT molecular complexity index is 711. The summed E-state index contributed by atoms with van der Waals surface area (Å²) in [5.74, 6) is -0.614. The van der Waals surface area contributed by atoms with Gasteiger partial charge in [-0.25, -0.2) is 4.79 Å². The minimum atomic E-state index is -1.02. The molecule has 0 fully saturated rings. The number of carboxylic acid groups (broad SMARTS) is 1. The molecular weight excluding hydrogens is 296 g/mol. The van der Waals surface area contributed by atoms with Crippen molar-refractivity contribution in [1.29, 1.82) is 0 Å². The zero-order valence-electron chi connectivity index (χ0n) is 11.3. The van der Waals surface area contributed by atoms with Gasteiger partial charge in [0.05, 0.1) is 16.2 Å². The van der Waals surface area contributed by atoms with Crippen molar-refractivity contribution in [2.24, 2.45) is 0 Å². The maximum atomic E-state index is 11.0. The highest BCUT2D eigenvalue weighted by Crippen LogP contribution is 2.26. The third-order valence-electron chi connectivity index (χ3n) is 2.92. The average Bonchev–Trinajstić information content (AvgIpc) is 2.86. The van der Waals surface area contributed by atoms with Gasteiger partial charge in [0.15, 0.2) is 0 Å². The summed E-state index contributed by atoms with van der Waals surface area (Å²) in [6.07, 6.45) is 1.43. The van der Waals surface area contributed by atoms with Crippen LogP contribution in [0.25, 0.3) is 0 Å². The zero-order valence-corrected chi connectivity index (χ0v) is 12.1. The number of nitrogens with zero attached hydrogens (tertiary/aromatic N) is 2. The van der Waals surface area contributed by atoms with Crippen molar-refractivity contribution in [1.82, 2.24) is 4.98 Å². The molecule has 0 saturated carbocycles. The normalized spacial score (nSPS) is 10.4. The van der Waals surface area contributed by atoms with Crippen molar-refractivity contribution in [2.75, 3.05) is 0 Å². The van der Waals surface area contributed by atoms with E-state index in [0.29, 0.717) is 22.6 Å². The monoisotopic (exact) mass is 308 g/mol. The lowest BCUT2D eigenvalue weighted by molar-refractivity contribution is -0.386. The first-order valence-electron chi connectivity index (χ1n) is 5.94. The smallest absolute Gasteiger partial charge is 0.346 e. The van der Waals surface area contributed by atoms with E-state index in [1.807, 2.05) is 0 Å². The van der Waals surface area contributed by atoms with E-state index in [2.05, 4.69) is 4.98 Å². The fourth-order valence-corrected chi connectivity index (χ4v) is 2.51. The molecule has 0 atom stereocenters.